The molecule has 35 heavy (non-hydrogen) atoms. The first-order valence-electron chi connectivity index (χ1n) is 11.5. The van der Waals surface area contributed by atoms with Crippen molar-refractivity contribution in [3.8, 4) is 23.0 Å². The number of benzene rings is 2. The number of nitrogens with zero attached hydrogens (tertiary/aromatic N) is 2. The molecule has 1 atom stereocenters. The maximum atomic E-state index is 13.5. The van der Waals surface area contributed by atoms with Crippen LogP contribution in [-0.2, 0) is 9.53 Å². The van der Waals surface area contributed by atoms with Gasteiger partial charge in [-0.25, -0.2) is 4.98 Å². The van der Waals surface area contributed by atoms with Gasteiger partial charge in [-0.05, 0) is 55.7 Å². The molecule has 1 saturated heterocycles. The van der Waals surface area contributed by atoms with E-state index in [0.717, 1.165) is 28.6 Å². The summed E-state index contributed by atoms with van der Waals surface area (Å²) in [6, 6.07) is 9.40. The molecule has 3 aromatic rings. The number of carbonyl (C=O) groups excluding carboxylic acids is 1. The number of hydrogen-bond donors (Lipinski definition) is 0. The van der Waals surface area contributed by atoms with E-state index in [1.807, 2.05) is 25.1 Å². The molecule has 9 heteroatoms. The molecular formula is C26H30N2O6S. The van der Waals surface area contributed by atoms with E-state index in [0.29, 0.717) is 47.9 Å². The summed E-state index contributed by atoms with van der Waals surface area (Å²) in [6.07, 6.45) is 5.14. The normalized spacial score (nSPS) is 15.5. The first-order valence-corrected chi connectivity index (χ1v) is 12.3. The highest BCUT2D eigenvalue weighted by molar-refractivity contribution is 7.22. The van der Waals surface area contributed by atoms with Gasteiger partial charge < -0.3 is 23.7 Å². The topological polar surface area (TPSA) is 79.4 Å². The number of amides is 1. The van der Waals surface area contributed by atoms with Crippen LogP contribution < -0.4 is 23.8 Å². The van der Waals surface area contributed by atoms with Crippen molar-refractivity contribution in [1.82, 2.24) is 4.98 Å². The number of para-hydroxylation sites is 1. The SMILES string of the molecule is CCOc1cccc2sc(N(CC3CCCO3)C(=O)/C=C/c3cc(OC)c(OC)c(OC)c3)nc12. The van der Waals surface area contributed by atoms with Crippen molar-refractivity contribution in [2.24, 2.45) is 0 Å². The molecule has 2 aromatic carbocycles. The highest BCUT2D eigenvalue weighted by atomic mass is 32.1. The summed E-state index contributed by atoms with van der Waals surface area (Å²) in [7, 11) is 4.67. The van der Waals surface area contributed by atoms with E-state index < -0.39 is 0 Å². The standard InChI is InChI=1S/C26H30N2O6S/c1-5-33-19-9-6-10-22-24(19)27-26(35-22)28(16-18-8-7-13-34-18)23(29)12-11-17-14-20(30-2)25(32-4)21(15-17)31-3/h6,9-12,14-15,18H,5,7-8,13,16H2,1-4H3/b12-11+. The molecule has 1 aliphatic rings. The van der Waals surface area contributed by atoms with Crippen LogP contribution in [0.5, 0.6) is 23.0 Å². The summed E-state index contributed by atoms with van der Waals surface area (Å²) in [5.74, 6) is 2.06. The Morgan fingerprint density at radius 3 is 2.57 bits per heavy atom. The number of thiazole rings is 1. The Hall–Kier alpha value is -3.30. The highest BCUT2D eigenvalue weighted by Crippen LogP contribution is 2.39. The Bertz CT molecular complexity index is 1180. The summed E-state index contributed by atoms with van der Waals surface area (Å²) in [5.41, 5.74) is 1.50. The van der Waals surface area contributed by atoms with Gasteiger partial charge in [-0.2, -0.15) is 0 Å². The van der Waals surface area contributed by atoms with Gasteiger partial charge >= 0.3 is 0 Å². The largest absolute Gasteiger partial charge is 0.493 e. The predicted molar refractivity (Wildman–Crippen MR) is 137 cm³/mol. The molecule has 186 valence electrons. The van der Waals surface area contributed by atoms with Crippen LogP contribution in [0.1, 0.15) is 25.3 Å². The van der Waals surface area contributed by atoms with Crippen molar-refractivity contribution in [3.63, 3.8) is 0 Å². The van der Waals surface area contributed by atoms with Crippen molar-refractivity contribution in [2.45, 2.75) is 25.9 Å². The summed E-state index contributed by atoms with van der Waals surface area (Å²) >= 11 is 1.46. The van der Waals surface area contributed by atoms with E-state index in [4.69, 9.17) is 28.7 Å². The summed E-state index contributed by atoms with van der Waals surface area (Å²) < 4.78 is 28.8. The zero-order valence-electron chi connectivity index (χ0n) is 20.4. The summed E-state index contributed by atoms with van der Waals surface area (Å²) in [4.78, 5) is 19.9. The van der Waals surface area contributed by atoms with E-state index in [9.17, 15) is 4.79 Å². The van der Waals surface area contributed by atoms with E-state index in [1.54, 1.807) is 44.4 Å². The lowest BCUT2D eigenvalue weighted by Gasteiger charge is -2.21. The number of hydrogen-bond acceptors (Lipinski definition) is 8. The third-order valence-corrected chi connectivity index (χ3v) is 6.73. The van der Waals surface area contributed by atoms with Gasteiger partial charge in [-0.1, -0.05) is 17.4 Å². The number of anilines is 1. The zero-order valence-corrected chi connectivity index (χ0v) is 21.2. The van der Waals surface area contributed by atoms with Crippen LogP contribution in [0.4, 0.5) is 5.13 Å². The van der Waals surface area contributed by atoms with Gasteiger partial charge in [0.15, 0.2) is 16.6 Å². The molecular weight excluding hydrogens is 468 g/mol. The Labute approximate surface area is 209 Å². The minimum absolute atomic E-state index is 0.0214. The van der Waals surface area contributed by atoms with Crippen molar-refractivity contribution in [2.75, 3.05) is 46.0 Å². The lowest BCUT2D eigenvalue weighted by molar-refractivity contribution is -0.114. The molecule has 0 spiro atoms. The number of methoxy groups -OCH3 is 3. The minimum atomic E-state index is -0.189. The molecule has 0 aliphatic carbocycles. The molecule has 0 bridgehead atoms. The van der Waals surface area contributed by atoms with Gasteiger partial charge in [0.1, 0.15) is 11.3 Å². The maximum Gasteiger partial charge on any atom is 0.252 e. The van der Waals surface area contributed by atoms with Crippen molar-refractivity contribution < 1.29 is 28.5 Å². The molecule has 0 N–H and O–H groups in total. The molecule has 0 radical (unpaired) electrons. The van der Waals surface area contributed by atoms with Crippen LogP contribution in [0.15, 0.2) is 36.4 Å². The molecule has 4 rings (SSSR count). The fraction of sp³-hybridized carbons (Fsp3) is 0.385. The maximum absolute atomic E-state index is 13.5. The Morgan fingerprint density at radius 1 is 1.17 bits per heavy atom. The Morgan fingerprint density at radius 2 is 1.94 bits per heavy atom. The number of rotatable bonds is 10. The van der Waals surface area contributed by atoms with E-state index in [1.165, 1.54) is 17.4 Å². The second-order valence-corrected chi connectivity index (χ2v) is 8.92. The van der Waals surface area contributed by atoms with Crippen LogP contribution >= 0.6 is 11.3 Å². The van der Waals surface area contributed by atoms with Gasteiger partial charge in [0, 0.05) is 12.7 Å². The summed E-state index contributed by atoms with van der Waals surface area (Å²) in [5, 5.41) is 0.613. The lowest BCUT2D eigenvalue weighted by atomic mass is 10.1. The quantitative estimate of drug-likeness (QED) is 0.366. The molecule has 2 heterocycles. The second kappa shape index (κ2) is 11.4. The summed E-state index contributed by atoms with van der Waals surface area (Å²) in [6.45, 7) is 3.62. The van der Waals surface area contributed by atoms with Gasteiger partial charge in [-0.15, -0.1) is 0 Å². The van der Waals surface area contributed by atoms with Crippen LogP contribution in [0.2, 0.25) is 0 Å². The fourth-order valence-corrected chi connectivity index (χ4v) is 5.01. The van der Waals surface area contributed by atoms with Crippen molar-refractivity contribution in [1.29, 1.82) is 0 Å². The van der Waals surface area contributed by atoms with Crippen LogP contribution in [-0.4, -0.2) is 58.1 Å². The van der Waals surface area contributed by atoms with Crippen molar-refractivity contribution in [3.05, 3.63) is 42.0 Å². The average Bonchev–Trinajstić information content (AvgIpc) is 3.55. The van der Waals surface area contributed by atoms with E-state index in [-0.39, 0.29) is 12.0 Å². The Balaban J connectivity index is 1.66. The molecule has 1 amide bonds. The van der Waals surface area contributed by atoms with E-state index >= 15 is 0 Å². The van der Waals surface area contributed by atoms with Crippen LogP contribution in [0.3, 0.4) is 0 Å². The van der Waals surface area contributed by atoms with E-state index in [2.05, 4.69) is 0 Å². The van der Waals surface area contributed by atoms with Gasteiger partial charge in [0.25, 0.3) is 5.91 Å². The van der Waals surface area contributed by atoms with Gasteiger partial charge in [0.2, 0.25) is 5.75 Å². The molecule has 1 fully saturated rings. The number of ether oxygens (including phenoxy) is 5. The molecule has 1 unspecified atom stereocenters. The Kier molecular flexibility index (Phi) is 8.09. The van der Waals surface area contributed by atoms with Crippen LogP contribution in [0.25, 0.3) is 16.3 Å². The van der Waals surface area contributed by atoms with Crippen LogP contribution in [0, 0.1) is 0 Å². The monoisotopic (exact) mass is 498 g/mol. The smallest absolute Gasteiger partial charge is 0.252 e. The number of fused-ring (bicyclic) bond motifs is 1. The first-order chi connectivity index (χ1) is 17.1. The first kappa shape index (κ1) is 24.8. The predicted octanol–water partition coefficient (Wildman–Crippen LogP) is 4.95. The van der Waals surface area contributed by atoms with Crippen molar-refractivity contribution >= 4 is 38.7 Å². The third-order valence-electron chi connectivity index (χ3n) is 5.68. The molecule has 1 aromatic heterocycles. The molecule has 8 nitrogen and oxygen atoms in total. The highest BCUT2D eigenvalue weighted by Gasteiger charge is 2.25. The average molecular weight is 499 g/mol. The number of aromatic nitrogens is 1. The van der Waals surface area contributed by atoms with Gasteiger partial charge in [-0.3, -0.25) is 9.69 Å². The molecule has 0 saturated carbocycles. The second-order valence-electron chi connectivity index (χ2n) is 7.91. The zero-order chi connectivity index (χ0) is 24.8. The minimum Gasteiger partial charge on any atom is -0.493 e. The molecule has 1 aliphatic heterocycles. The number of carbonyl (C=O) groups is 1. The lowest BCUT2D eigenvalue weighted by Crippen LogP contribution is -2.36. The van der Waals surface area contributed by atoms with Gasteiger partial charge in [0.05, 0.1) is 45.3 Å². The third kappa shape index (κ3) is 5.52. The fourth-order valence-electron chi connectivity index (χ4n) is 4.01.